The third kappa shape index (κ3) is 3.58. The molecule has 0 aliphatic carbocycles. The lowest BCUT2D eigenvalue weighted by molar-refractivity contribution is 0.0699. The number of halogens is 3. The van der Waals surface area contributed by atoms with E-state index in [0.717, 1.165) is 29.5 Å². The van der Waals surface area contributed by atoms with Crippen LogP contribution in [0.5, 0.6) is 0 Å². The van der Waals surface area contributed by atoms with Crippen molar-refractivity contribution in [1.82, 2.24) is 0 Å². The van der Waals surface area contributed by atoms with E-state index < -0.39 is 29.1 Å². The number of thiophene rings is 1. The topological polar surface area (TPSA) is 66.4 Å². The van der Waals surface area contributed by atoms with E-state index in [9.17, 15) is 23.5 Å². The number of benzene rings is 2. The number of carbonyl (C=O) groups excluding carboxylic acids is 1. The molecule has 0 unspecified atom stereocenters. The van der Waals surface area contributed by atoms with Crippen molar-refractivity contribution in [2.45, 2.75) is 0 Å². The monoisotopic (exact) mass is 393 g/mol. The van der Waals surface area contributed by atoms with Crippen LogP contribution < -0.4 is 5.32 Å². The number of carbonyl (C=O) groups is 2. The summed E-state index contributed by atoms with van der Waals surface area (Å²) in [7, 11) is 0. The third-order valence-electron chi connectivity index (χ3n) is 3.56. The molecule has 8 heteroatoms. The number of amides is 1. The average molecular weight is 394 g/mol. The first-order valence-electron chi connectivity index (χ1n) is 7.24. The van der Waals surface area contributed by atoms with Crippen LogP contribution in [-0.4, -0.2) is 17.0 Å². The van der Waals surface area contributed by atoms with Crippen LogP contribution in [0.3, 0.4) is 0 Å². The summed E-state index contributed by atoms with van der Waals surface area (Å²) in [5.74, 6) is -3.88. The van der Waals surface area contributed by atoms with Gasteiger partial charge in [-0.05, 0) is 35.9 Å². The van der Waals surface area contributed by atoms with Gasteiger partial charge in [-0.3, -0.25) is 4.79 Å². The summed E-state index contributed by atoms with van der Waals surface area (Å²) in [5, 5.41) is 14.0. The Bertz CT molecular complexity index is 1000. The fourth-order valence-corrected chi connectivity index (χ4v) is 3.43. The molecule has 0 saturated heterocycles. The molecule has 3 aromatic rings. The largest absolute Gasteiger partial charge is 0.478 e. The highest BCUT2D eigenvalue weighted by Gasteiger charge is 2.22. The van der Waals surface area contributed by atoms with Gasteiger partial charge in [0, 0.05) is 16.0 Å². The van der Waals surface area contributed by atoms with Crippen LogP contribution in [0.15, 0.2) is 47.8 Å². The molecule has 26 heavy (non-hydrogen) atoms. The molecule has 132 valence electrons. The van der Waals surface area contributed by atoms with E-state index in [1.807, 2.05) is 0 Å². The maximum absolute atomic E-state index is 13.7. The maximum atomic E-state index is 13.7. The Hall–Kier alpha value is -2.77. The zero-order chi connectivity index (χ0) is 18.8. The van der Waals surface area contributed by atoms with Gasteiger partial charge in [-0.2, -0.15) is 0 Å². The van der Waals surface area contributed by atoms with E-state index >= 15 is 0 Å². The lowest BCUT2D eigenvalue weighted by Gasteiger charge is -2.07. The van der Waals surface area contributed by atoms with Gasteiger partial charge in [-0.15, -0.1) is 11.3 Å². The molecule has 2 aromatic carbocycles. The van der Waals surface area contributed by atoms with Crippen LogP contribution in [0, 0.1) is 11.6 Å². The van der Waals surface area contributed by atoms with Crippen molar-refractivity contribution >= 4 is 39.8 Å². The van der Waals surface area contributed by atoms with E-state index in [2.05, 4.69) is 5.32 Å². The van der Waals surface area contributed by atoms with Gasteiger partial charge in [0.1, 0.15) is 22.2 Å². The van der Waals surface area contributed by atoms with Gasteiger partial charge in [0.15, 0.2) is 0 Å². The fourth-order valence-electron chi connectivity index (χ4n) is 2.35. The van der Waals surface area contributed by atoms with Crippen LogP contribution in [0.1, 0.15) is 20.7 Å². The zero-order valence-electron chi connectivity index (χ0n) is 12.9. The lowest BCUT2D eigenvalue weighted by atomic mass is 10.0. The first-order chi connectivity index (χ1) is 12.4. The van der Waals surface area contributed by atoms with Crippen molar-refractivity contribution in [2.75, 3.05) is 5.32 Å². The summed E-state index contributed by atoms with van der Waals surface area (Å²) in [4.78, 5) is 23.9. The molecule has 0 radical (unpaired) electrons. The van der Waals surface area contributed by atoms with Gasteiger partial charge in [-0.1, -0.05) is 23.7 Å². The Labute approximate surface area is 155 Å². The average Bonchev–Trinajstić information content (AvgIpc) is 3.01. The van der Waals surface area contributed by atoms with E-state index in [1.165, 1.54) is 0 Å². The van der Waals surface area contributed by atoms with Crippen LogP contribution in [-0.2, 0) is 0 Å². The highest BCUT2D eigenvalue weighted by molar-refractivity contribution is 7.15. The second kappa shape index (κ2) is 7.23. The summed E-state index contributed by atoms with van der Waals surface area (Å²) < 4.78 is 27.0. The zero-order valence-corrected chi connectivity index (χ0v) is 14.5. The molecule has 0 aliphatic heterocycles. The summed E-state index contributed by atoms with van der Waals surface area (Å²) in [6.07, 6.45) is 0. The first-order valence-corrected chi connectivity index (χ1v) is 8.49. The standard InChI is InChI=1S/C18H10ClF2NO3S/c19-10-3-1-9(2-4-10)13-8-26-17(15(13)18(24)25)22-16(23)12-7-11(20)5-6-14(12)21/h1-8H,(H,22,23)(H,24,25). The van der Waals surface area contributed by atoms with Gasteiger partial charge in [0.2, 0.25) is 0 Å². The molecule has 2 N–H and O–H groups in total. The number of aromatic carboxylic acids is 1. The van der Waals surface area contributed by atoms with Crippen molar-refractivity contribution in [3.8, 4) is 11.1 Å². The minimum atomic E-state index is -1.26. The van der Waals surface area contributed by atoms with Crippen molar-refractivity contribution in [1.29, 1.82) is 0 Å². The Morgan fingerprint density at radius 1 is 1.08 bits per heavy atom. The van der Waals surface area contributed by atoms with Crippen LogP contribution in [0.25, 0.3) is 11.1 Å². The van der Waals surface area contributed by atoms with Crippen LogP contribution in [0.2, 0.25) is 5.02 Å². The third-order valence-corrected chi connectivity index (χ3v) is 4.71. The predicted molar refractivity (Wildman–Crippen MR) is 96.0 cm³/mol. The minimum absolute atomic E-state index is 0.0242. The molecule has 1 amide bonds. The normalized spacial score (nSPS) is 10.6. The highest BCUT2D eigenvalue weighted by atomic mass is 35.5. The molecular formula is C18H10ClF2NO3S. The molecule has 0 atom stereocenters. The molecule has 0 bridgehead atoms. The minimum Gasteiger partial charge on any atom is -0.478 e. The van der Waals surface area contributed by atoms with Crippen molar-refractivity contribution in [3.05, 3.63) is 75.6 Å². The SMILES string of the molecule is O=C(Nc1scc(-c2ccc(Cl)cc2)c1C(=O)O)c1cc(F)ccc1F. The number of carboxylic acid groups (broad SMARTS) is 1. The smallest absolute Gasteiger partial charge is 0.339 e. The number of hydrogen-bond acceptors (Lipinski definition) is 3. The molecule has 0 aliphatic rings. The molecule has 1 heterocycles. The molecule has 3 rings (SSSR count). The molecule has 4 nitrogen and oxygen atoms in total. The fraction of sp³-hybridized carbons (Fsp3) is 0. The van der Waals surface area contributed by atoms with Gasteiger partial charge in [0.05, 0.1) is 5.56 Å². The maximum Gasteiger partial charge on any atom is 0.339 e. The summed E-state index contributed by atoms with van der Waals surface area (Å²) in [6.45, 7) is 0. The number of carboxylic acids is 1. The highest BCUT2D eigenvalue weighted by Crippen LogP contribution is 2.36. The number of hydrogen-bond donors (Lipinski definition) is 2. The first kappa shape index (κ1) is 18.0. The summed E-state index contributed by atoms with van der Waals surface area (Å²) >= 11 is 6.81. The van der Waals surface area contributed by atoms with Crippen LogP contribution >= 0.6 is 22.9 Å². The molecule has 0 spiro atoms. The predicted octanol–water partition coefficient (Wildman–Crippen LogP) is 5.30. The molecule has 1 aromatic heterocycles. The van der Waals surface area contributed by atoms with Gasteiger partial charge >= 0.3 is 5.97 Å². The van der Waals surface area contributed by atoms with Crippen molar-refractivity contribution in [2.24, 2.45) is 0 Å². The summed E-state index contributed by atoms with van der Waals surface area (Å²) in [5.41, 5.74) is 0.333. The Morgan fingerprint density at radius 2 is 1.77 bits per heavy atom. The molecule has 0 saturated carbocycles. The van der Waals surface area contributed by atoms with Gasteiger partial charge < -0.3 is 10.4 Å². The number of anilines is 1. The Morgan fingerprint density at radius 3 is 2.42 bits per heavy atom. The van der Waals surface area contributed by atoms with Crippen molar-refractivity contribution < 1.29 is 23.5 Å². The quantitative estimate of drug-likeness (QED) is 0.632. The number of nitrogens with one attached hydrogen (secondary N) is 1. The second-order valence-electron chi connectivity index (χ2n) is 5.24. The lowest BCUT2D eigenvalue weighted by Crippen LogP contribution is -2.15. The van der Waals surface area contributed by atoms with Crippen LogP contribution in [0.4, 0.5) is 13.8 Å². The summed E-state index contributed by atoms with van der Waals surface area (Å²) in [6, 6.07) is 8.98. The molecular weight excluding hydrogens is 384 g/mol. The molecule has 0 fully saturated rings. The van der Waals surface area contributed by atoms with E-state index in [0.29, 0.717) is 16.1 Å². The van der Waals surface area contributed by atoms with E-state index in [4.69, 9.17) is 11.6 Å². The van der Waals surface area contributed by atoms with Gasteiger partial charge in [0.25, 0.3) is 5.91 Å². The second-order valence-corrected chi connectivity index (χ2v) is 6.56. The Balaban J connectivity index is 1.98. The number of rotatable bonds is 4. The van der Waals surface area contributed by atoms with Gasteiger partial charge in [-0.25, -0.2) is 13.6 Å². The van der Waals surface area contributed by atoms with E-state index in [1.54, 1.807) is 29.6 Å². The Kier molecular flexibility index (Phi) is 5.01. The van der Waals surface area contributed by atoms with E-state index in [-0.39, 0.29) is 10.6 Å². The van der Waals surface area contributed by atoms with Crippen molar-refractivity contribution in [3.63, 3.8) is 0 Å².